The zero-order chi connectivity index (χ0) is 15.2. The Bertz CT molecular complexity index is 530. The van der Waals surface area contributed by atoms with E-state index in [0.29, 0.717) is 11.6 Å². The largest absolute Gasteiger partial charge is 0.483 e. The van der Waals surface area contributed by atoms with E-state index < -0.39 is 5.91 Å². The molecule has 1 heterocycles. The first-order valence-corrected chi connectivity index (χ1v) is 7.04. The molecule has 0 spiro atoms. The van der Waals surface area contributed by atoms with E-state index in [1.807, 2.05) is 0 Å². The van der Waals surface area contributed by atoms with Crippen LogP contribution in [0, 0.1) is 0 Å². The van der Waals surface area contributed by atoms with E-state index >= 15 is 0 Å². The van der Waals surface area contributed by atoms with Crippen LogP contribution >= 0.6 is 11.6 Å². The SMILES string of the molecule is NC(=O)c1cc(Cl)ccc1OCC(=O)NCC1CCCO1. The van der Waals surface area contributed by atoms with Gasteiger partial charge in [-0.1, -0.05) is 11.6 Å². The molecule has 3 N–H and O–H groups in total. The second kappa shape index (κ2) is 7.28. The third-order valence-electron chi connectivity index (χ3n) is 3.12. The maximum Gasteiger partial charge on any atom is 0.258 e. The molecule has 0 radical (unpaired) electrons. The molecule has 1 aliphatic heterocycles. The number of halogens is 1. The number of primary amides is 1. The van der Waals surface area contributed by atoms with Crippen LogP contribution in [0.1, 0.15) is 23.2 Å². The first kappa shape index (κ1) is 15.6. The normalized spacial score (nSPS) is 17.5. The minimum Gasteiger partial charge on any atom is -0.483 e. The summed E-state index contributed by atoms with van der Waals surface area (Å²) in [5.41, 5.74) is 5.38. The van der Waals surface area contributed by atoms with Gasteiger partial charge >= 0.3 is 0 Å². The Morgan fingerprint density at radius 3 is 2.95 bits per heavy atom. The molecule has 0 aliphatic carbocycles. The number of hydrogen-bond acceptors (Lipinski definition) is 4. The number of nitrogens with two attached hydrogens (primary N) is 1. The van der Waals surface area contributed by atoms with Crippen LogP contribution in [0.5, 0.6) is 5.75 Å². The van der Waals surface area contributed by atoms with Crippen molar-refractivity contribution in [2.75, 3.05) is 19.8 Å². The molecule has 1 aromatic carbocycles. The van der Waals surface area contributed by atoms with Gasteiger partial charge in [0.2, 0.25) is 0 Å². The highest BCUT2D eigenvalue weighted by Gasteiger charge is 2.17. The van der Waals surface area contributed by atoms with Gasteiger partial charge in [-0.05, 0) is 31.0 Å². The monoisotopic (exact) mass is 312 g/mol. The Hall–Kier alpha value is -1.79. The molecule has 2 rings (SSSR count). The molecule has 7 heteroatoms. The zero-order valence-corrected chi connectivity index (χ0v) is 12.2. The topological polar surface area (TPSA) is 90.7 Å². The second-order valence-corrected chi connectivity index (χ2v) is 5.17. The van der Waals surface area contributed by atoms with E-state index in [1.54, 1.807) is 6.07 Å². The highest BCUT2D eigenvalue weighted by Crippen LogP contribution is 2.22. The van der Waals surface area contributed by atoms with E-state index in [4.69, 9.17) is 26.8 Å². The molecular formula is C14H17ClN2O4. The molecule has 6 nitrogen and oxygen atoms in total. The van der Waals surface area contributed by atoms with Crippen LogP contribution in [0.25, 0.3) is 0 Å². The lowest BCUT2D eigenvalue weighted by Gasteiger charge is -2.12. The third kappa shape index (κ3) is 4.61. The van der Waals surface area contributed by atoms with Crippen molar-refractivity contribution in [2.24, 2.45) is 5.73 Å². The second-order valence-electron chi connectivity index (χ2n) is 4.73. The molecule has 1 saturated heterocycles. The molecule has 2 amide bonds. The minimum absolute atomic E-state index is 0.0747. The third-order valence-corrected chi connectivity index (χ3v) is 3.35. The van der Waals surface area contributed by atoms with Crippen LogP contribution in [0.4, 0.5) is 0 Å². The molecule has 1 aliphatic rings. The Kier molecular flexibility index (Phi) is 5.41. The van der Waals surface area contributed by atoms with Crippen molar-refractivity contribution in [3.8, 4) is 5.75 Å². The summed E-state index contributed by atoms with van der Waals surface area (Å²) in [6.45, 7) is 1.00. The summed E-state index contributed by atoms with van der Waals surface area (Å²) in [5.74, 6) is -0.706. The molecule has 0 aromatic heterocycles. The number of hydrogen-bond donors (Lipinski definition) is 2. The Labute approximate surface area is 127 Å². The summed E-state index contributed by atoms with van der Waals surface area (Å²) in [6, 6.07) is 4.48. The molecule has 114 valence electrons. The lowest BCUT2D eigenvalue weighted by molar-refractivity contribution is -0.123. The Morgan fingerprint density at radius 2 is 2.29 bits per heavy atom. The molecule has 1 fully saturated rings. The van der Waals surface area contributed by atoms with Gasteiger partial charge in [-0.25, -0.2) is 0 Å². The zero-order valence-electron chi connectivity index (χ0n) is 11.4. The fraction of sp³-hybridized carbons (Fsp3) is 0.429. The van der Waals surface area contributed by atoms with Crippen LogP contribution in [0.2, 0.25) is 5.02 Å². The summed E-state index contributed by atoms with van der Waals surface area (Å²) in [4.78, 5) is 23.0. The molecular weight excluding hydrogens is 296 g/mol. The van der Waals surface area contributed by atoms with Gasteiger partial charge in [0.15, 0.2) is 6.61 Å². The number of amides is 2. The van der Waals surface area contributed by atoms with Crippen molar-refractivity contribution < 1.29 is 19.1 Å². The van der Waals surface area contributed by atoms with Gasteiger partial charge in [-0.2, -0.15) is 0 Å². The Morgan fingerprint density at radius 1 is 1.48 bits per heavy atom. The lowest BCUT2D eigenvalue weighted by Crippen LogP contribution is -2.35. The lowest BCUT2D eigenvalue weighted by atomic mass is 10.2. The molecule has 0 saturated carbocycles. The van der Waals surface area contributed by atoms with Crippen molar-refractivity contribution in [1.82, 2.24) is 5.32 Å². The average molecular weight is 313 g/mol. The average Bonchev–Trinajstić information content (AvgIpc) is 2.97. The summed E-state index contributed by atoms with van der Waals surface area (Å²) >= 11 is 5.79. The highest BCUT2D eigenvalue weighted by atomic mass is 35.5. The van der Waals surface area contributed by atoms with Gasteiger partial charge in [-0.3, -0.25) is 9.59 Å². The van der Waals surface area contributed by atoms with E-state index in [2.05, 4.69) is 5.32 Å². The summed E-state index contributed by atoms with van der Waals surface area (Å²) in [6.07, 6.45) is 2.04. The van der Waals surface area contributed by atoms with Gasteiger partial charge in [-0.15, -0.1) is 0 Å². The highest BCUT2D eigenvalue weighted by molar-refractivity contribution is 6.31. The summed E-state index contributed by atoms with van der Waals surface area (Å²) < 4.78 is 10.7. The smallest absolute Gasteiger partial charge is 0.258 e. The Balaban J connectivity index is 1.84. The van der Waals surface area contributed by atoms with Crippen molar-refractivity contribution >= 4 is 23.4 Å². The predicted molar refractivity (Wildman–Crippen MR) is 77.4 cm³/mol. The molecule has 0 bridgehead atoms. The number of ether oxygens (including phenoxy) is 2. The van der Waals surface area contributed by atoms with Crippen molar-refractivity contribution in [1.29, 1.82) is 0 Å². The van der Waals surface area contributed by atoms with Gasteiger partial charge in [0, 0.05) is 18.2 Å². The van der Waals surface area contributed by atoms with E-state index in [1.165, 1.54) is 12.1 Å². The number of nitrogens with one attached hydrogen (secondary N) is 1. The predicted octanol–water partition coefficient (Wildman–Crippen LogP) is 1.11. The van der Waals surface area contributed by atoms with E-state index in [-0.39, 0.29) is 29.9 Å². The molecule has 1 atom stereocenters. The van der Waals surface area contributed by atoms with Gasteiger partial charge in [0.1, 0.15) is 5.75 Å². The van der Waals surface area contributed by atoms with Gasteiger partial charge in [0.05, 0.1) is 11.7 Å². The van der Waals surface area contributed by atoms with Gasteiger partial charge in [0.25, 0.3) is 11.8 Å². The summed E-state index contributed by atoms with van der Waals surface area (Å²) in [5, 5.41) is 3.10. The van der Waals surface area contributed by atoms with Crippen LogP contribution in [-0.4, -0.2) is 37.7 Å². The molecule has 1 unspecified atom stereocenters. The van der Waals surface area contributed by atoms with E-state index in [0.717, 1.165) is 19.4 Å². The fourth-order valence-electron chi connectivity index (χ4n) is 2.05. The van der Waals surface area contributed by atoms with Crippen LogP contribution in [0.15, 0.2) is 18.2 Å². The number of rotatable bonds is 6. The van der Waals surface area contributed by atoms with Crippen LogP contribution in [0.3, 0.4) is 0 Å². The van der Waals surface area contributed by atoms with Gasteiger partial charge < -0.3 is 20.5 Å². The quantitative estimate of drug-likeness (QED) is 0.823. The minimum atomic E-state index is -0.660. The summed E-state index contributed by atoms with van der Waals surface area (Å²) in [7, 11) is 0. The van der Waals surface area contributed by atoms with Crippen molar-refractivity contribution in [3.05, 3.63) is 28.8 Å². The van der Waals surface area contributed by atoms with Crippen LogP contribution in [-0.2, 0) is 9.53 Å². The van der Waals surface area contributed by atoms with Crippen molar-refractivity contribution in [2.45, 2.75) is 18.9 Å². The van der Waals surface area contributed by atoms with Crippen LogP contribution < -0.4 is 15.8 Å². The molecule has 21 heavy (non-hydrogen) atoms. The first-order valence-electron chi connectivity index (χ1n) is 6.66. The fourth-order valence-corrected chi connectivity index (χ4v) is 2.22. The molecule has 1 aromatic rings. The van der Waals surface area contributed by atoms with E-state index in [9.17, 15) is 9.59 Å². The maximum atomic E-state index is 11.7. The first-order chi connectivity index (χ1) is 10.1. The number of benzene rings is 1. The maximum absolute atomic E-state index is 11.7. The number of carbonyl (C=O) groups excluding carboxylic acids is 2. The number of carbonyl (C=O) groups is 2. The van der Waals surface area contributed by atoms with Crippen molar-refractivity contribution in [3.63, 3.8) is 0 Å². The standard InChI is InChI=1S/C14H17ClN2O4/c15-9-3-4-12(11(6-9)14(16)19)21-8-13(18)17-7-10-2-1-5-20-10/h3-4,6,10H,1-2,5,7-8H2,(H2,16,19)(H,17,18).